The van der Waals surface area contributed by atoms with E-state index >= 15 is 0 Å². The number of hydrogen-bond acceptors (Lipinski definition) is 4. The highest BCUT2D eigenvalue weighted by molar-refractivity contribution is 5.80. The van der Waals surface area contributed by atoms with Crippen LogP contribution in [0.4, 0.5) is 0 Å². The first-order valence-electron chi connectivity index (χ1n) is 10.4. The Hall–Kier alpha value is -3.05. The van der Waals surface area contributed by atoms with Gasteiger partial charge in [0.2, 0.25) is 0 Å². The van der Waals surface area contributed by atoms with Gasteiger partial charge >= 0.3 is 5.97 Å². The summed E-state index contributed by atoms with van der Waals surface area (Å²) in [5, 5.41) is 13.7. The van der Waals surface area contributed by atoms with Gasteiger partial charge in [-0.05, 0) is 41.5 Å². The highest BCUT2D eigenvalue weighted by Crippen LogP contribution is 2.46. The number of carboxylic acid groups (broad SMARTS) is 1. The number of carbonyl (C=O) groups is 1. The van der Waals surface area contributed by atoms with Gasteiger partial charge in [0, 0.05) is 30.6 Å². The van der Waals surface area contributed by atoms with E-state index < -0.39 is 11.5 Å². The number of hydrogen-bond donors (Lipinski definition) is 2. The summed E-state index contributed by atoms with van der Waals surface area (Å²) in [6.07, 6.45) is 6.13. The summed E-state index contributed by atoms with van der Waals surface area (Å²) in [6.45, 7) is 4.13. The van der Waals surface area contributed by atoms with Crippen LogP contribution in [0.1, 0.15) is 49.9 Å². The molecule has 1 aliphatic heterocycles. The van der Waals surface area contributed by atoms with Gasteiger partial charge in [0.05, 0.1) is 5.69 Å². The molecule has 2 heterocycles. The third-order valence-electron chi connectivity index (χ3n) is 5.88. The highest BCUT2D eigenvalue weighted by Gasteiger charge is 2.51. The molecular weight excluding hydrogens is 374 g/mol. The van der Waals surface area contributed by atoms with Crippen LogP contribution in [0.15, 0.2) is 73.2 Å². The van der Waals surface area contributed by atoms with Gasteiger partial charge in [0.15, 0.2) is 0 Å². The molecule has 2 N–H and O–H groups in total. The lowest BCUT2D eigenvalue weighted by Gasteiger charge is -2.28. The number of benzene rings is 2. The fourth-order valence-electron chi connectivity index (χ4n) is 4.66. The lowest BCUT2D eigenvalue weighted by molar-refractivity contribution is -0.145. The number of aliphatic carboxylic acids is 1. The molecule has 0 saturated carbocycles. The Balaban J connectivity index is 1.77. The fraction of sp³-hybridized carbons (Fsp3) is 0.320. The Bertz CT molecular complexity index is 1010. The van der Waals surface area contributed by atoms with Gasteiger partial charge < -0.3 is 5.11 Å². The predicted octanol–water partition coefficient (Wildman–Crippen LogP) is 4.83. The average Bonchev–Trinajstić information content (AvgIpc) is 3.15. The molecule has 5 heteroatoms. The average molecular weight is 402 g/mol. The van der Waals surface area contributed by atoms with E-state index in [-0.39, 0.29) is 17.9 Å². The quantitative estimate of drug-likeness (QED) is 0.619. The van der Waals surface area contributed by atoms with Gasteiger partial charge in [-0.1, -0.05) is 62.4 Å². The van der Waals surface area contributed by atoms with E-state index in [1.807, 2.05) is 24.3 Å². The third kappa shape index (κ3) is 3.98. The molecule has 0 bridgehead atoms. The van der Waals surface area contributed by atoms with Crippen molar-refractivity contribution in [3.8, 4) is 11.1 Å². The van der Waals surface area contributed by atoms with Gasteiger partial charge in [-0.25, -0.2) is 0 Å². The summed E-state index contributed by atoms with van der Waals surface area (Å²) in [5.41, 5.74) is 3.17. The molecule has 2 aromatic carbocycles. The molecule has 0 amide bonds. The largest absolute Gasteiger partial charge is 0.480 e. The molecule has 0 aliphatic carbocycles. The van der Waals surface area contributed by atoms with Gasteiger partial charge in [-0.2, -0.15) is 0 Å². The summed E-state index contributed by atoms with van der Waals surface area (Å²) in [5.74, 6) is -0.614. The Morgan fingerprint density at radius 1 is 1.13 bits per heavy atom. The van der Waals surface area contributed by atoms with Crippen molar-refractivity contribution in [2.75, 3.05) is 0 Å². The van der Waals surface area contributed by atoms with Crippen molar-refractivity contribution in [2.24, 2.45) is 5.92 Å². The minimum absolute atomic E-state index is 0.0698. The first-order valence-corrected chi connectivity index (χ1v) is 10.4. The van der Waals surface area contributed by atoms with Crippen molar-refractivity contribution in [3.05, 3.63) is 84.4 Å². The van der Waals surface area contributed by atoms with E-state index in [0.29, 0.717) is 12.8 Å². The lowest BCUT2D eigenvalue weighted by Crippen LogP contribution is -2.49. The summed E-state index contributed by atoms with van der Waals surface area (Å²) < 4.78 is 0. The first kappa shape index (κ1) is 20.2. The summed E-state index contributed by atoms with van der Waals surface area (Å²) in [4.78, 5) is 21.2. The van der Waals surface area contributed by atoms with Gasteiger partial charge in [0.1, 0.15) is 5.54 Å². The molecular formula is C25H27N3O2. The van der Waals surface area contributed by atoms with Crippen molar-refractivity contribution < 1.29 is 9.90 Å². The third-order valence-corrected chi connectivity index (χ3v) is 5.88. The highest BCUT2D eigenvalue weighted by atomic mass is 16.4. The topological polar surface area (TPSA) is 75.1 Å². The molecule has 0 unspecified atom stereocenters. The van der Waals surface area contributed by atoms with Crippen molar-refractivity contribution in [1.82, 2.24) is 15.3 Å². The Morgan fingerprint density at radius 2 is 1.90 bits per heavy atom. The van der Waals surface area contributed by atoms with Crippen LogP contribution in [-0.4, -0.2) is 26.6 Å². The fourth-order valence-corrected chi connectivity index (χ4v) is 4.66. The predicted molar refractivity (Wildman–Crippen MR) is 117 cm³/mol. The normalized spacial score (nSPS) is 23.6. The number of nitrogens with one attached hydrogen (secondary N) is 1. The summed E-state index contributed by atoms with van der Waals surface area (Å²) in [7, 11) is 0. The molecule has 30 heavy (non-hydrogen) atoms. The van der Waals surface area contributed by atoms with E-state index in [1.54, 1.807) is 18.6 Å². The summed E-state index contributed by atoms with van der Waals surface area (Å²) >= 11 is 0. The summed E-state index contributed by atoms with van der Waals surface area (Å²) in [6, 6.07) is 18.4. The van der Waals surface area contributed by atoms with E-state index in [4.69, 9.17) is 0 Å². The zero-order valence-corrected chi connectivity index (χ0v) is 17.3. The minimum Gasteiger partial charge on any atom is -0.480 e. The van der Waals surface area contributed by atoms with Crippen LogP contribution < -0.4 is 5.32 Å². The maximum absolute atomic E-state index is 12.4. The standard InChI is InChI=1S/C25H27N3O2/c1-17(2)14-25(24(29)30)15-21(22-16-26-11-12-27-22)23(28-25)20-10-6-9-19(13-20)18-7-4-3-5-8-18/h3-13,16-17,21,23,28H,14-15H2,1-2H3,(H,29,30)/t21-,23+,25+/m1/s1. The van der Waals surface area contributed by atoms with Crippen LogP contribution >= 0.6 is 0 Å². The molecule has 1 fully saturated rings. The lowest BCUT2D eigenvalue weighted by atomic mass is 9.82. The number of nitrogens with zero attached hydrogens (tertiary/aromatic N) is 2. The minimum atomic E-state index is -0.982. The smallest absolute Gasteiger partial charge is 0.323 e. The molecule has 3 atom stereocenters. The van der Waals surface area contributed by atoms with Crippen molar-refractivity contribution in [2.45, 2.75) is 44.2 Å². The molecule has 1 aromatic heterocycles. The molecule has 1 aliphatic rings. The zero-order valence-electron chi connectivity index (χ0n) is 17.3. The Kier molecular flexibility index (Phi) is 5.64. The molecule has 0 radical (unpaired) electrons. The van der Waals surface area contributed by atoms with Crippen molar-refractivity contribution in [3.63, 3.8) is 0 Å². The van der Waals surface area contributed by atoms with Crippen LogP contribution in [0.25, 0.3) is 11.1 Å². The van der Waals surface area contributed by atoms with Crippen molar-refractivity contribution in [1.29, 1.82) is 0 Å². The second-order valence-corrected chi connectivity index (χ2v) is 8.54. The van der Waals surface area contributed by atoms with Crippen LogP contribution in [0, 0.1) is 5.92 Å². The molecule has 154 valence electrons. The van der Waals surface area contributed by atoms with Crippen LogP contribution in [0.5, 0.6) is 0 Å². The van der Waals surface area contributed by atoms with E-state index in [2.05, 4.69) is 59.5 Å². The second kappa shape index (κ2) is 8.36. The Morgan fingerprint density at radius 3 is 2.57 bits per heavy atom. The number of aromatic nitrogens is 2. The molecule has 3 aromatic rings. The monoisotopic (exact) mass is 401 g/mol. The van der Waals surface area contributed by atoms with Gasteiger partial charge in [-0.3, -0.25) is 20.1 Å². The first-order chi connectivity index (χ1) is 14.5. The van der Waals surface area contributed by atoms with Crippen molar-refractivity contribution >= 4 is 5.97 Å². The van der Waals surface area contributed by atoms with Crippen LogP contribution in [0.2, 0.25) is 0 Å². The maximum atomic E-state index is 12.4. The van der Waals surface area contributed by atoms with Crippen LogP contribution in [0.3, 0.4) is 0 Å². The second-order valence-electron chi connectivity index (χ2n) is 8.54. The Labute approximate surface area is 177 Å². The maximum Gasteiger partial charge on any atom is 0.323 e. The van der Waals surface area contributed by atoms with Crippen LogP contribution in [-0.2, 0) is 4.79 Å². The van der Waals surface area contributed by atoms with Gasteiger partial charge in [0.25, 0.3) is 0 Å². The molecule has 0 spiro atoms. The van der Waals surface area contributed by atoms with E-state index in [1.165, 1.54) is 0 Å². The van der Waals surface area contributed by atoms with E-state index in [0.717, 1.165) is 22.4 Å². The zero-order chi connectivity index (χ0) is 21.1. The van der Waals surface area contributed by atoms with Gasteiger partial charge in [-0.15, -0.1) is 0 Å². The number of rotatable bonds is 6. The van der Waals surface area contributed by atoms with E-state index in [9.17, 15) is 9.90 Å². The molecule has 5 nitrogen and oxygen atoms in total. The SMILES string of the molecule is CC(C)C[C@@]1(C(=O)O)C[C@H](c2cnccn2)[C@H](c2cccc(-c3ccccc3)c2)N1. The number of carboxylic acids is 1. The molecule has 1 saturated heterocycles. The molecule has 4 rings (SSSR count).